The Morgan fingerprint density at radius 2 is 1.57 bits per heavy atom. The number of carbonyl (C=O) groups is 5. The summed E-state index contributed by atoms with van der Waals surface area (Å²) < 4.78 is 16.9. The zero-order valence-electron chi connectivity index (χ0n) is 34.3. The lowest BCUT2D eigenvalue weighted by Gasteiger charge is -2.40. The Kier molecular flexibility index (Phi) is 19.2. The van der Waals surface area contributed by atoms with Crippen LogP contribution >= 0.6 is 0 Å². The summed E-state index contributed by atoms with van der Waals surface area (Å²) in [7, 11) is 9.62. The molecule has 0 aromatic heterocycles. The van der Waals surface area contributed by atoms with Gasteiger partial charge in [0.15, 0.2) is 0 Å². The number of likely N-dealkylation sites (N-methyl/N-ethyl adjacent to an activating group) is 2. The molecule has 54 heavy (non-hydrogen) atoms. The van der Waals surface area contributed by atoms with Crippen LogP contribution in [0.2, 0.25) is 0 Å². The van der Waals surface area contributed by atoms with Crippen LogP contribution in [-0.2, 0) is 44.6 Å². The second-order valence-electron chi connectivity index (χ2n) is 15.0. The number of ether oxygens (including phenoxy) is 3. The van der Waals surface area contributed by atoms with E-state index in [-0.39, 0.29) is 48.8 Å². The van der Waals surface area contributed by atoms with Gasteiger partial charge in [-0.15, -0.1) is 12.3 Å². The highest BCUT2D eigenvalue weighted by molar-refractivity contribution is 5.90. The molecule has 2 rings (SSSR count). The van der Waals surface area contributed by atoms with Gasteiger partial charge in [0, 0.05) is 40.7 Å². The molecule has 1 aliphatic rings. The van der Waals surface area contributed by atoms with Gasteiger partial charge in [-0.3, -0.25) is 24.1 Å². The molecule has 302 valence electrons. The Morgan fingerprint density at radius 1 is 0.944 bits per heavy atom. The predicted octanol–water partition coefficient (Wildman–Crippen LogP) is 2.90. The van der Waals surface area contributed by atoms with E-state index < -0.39 is 60.2 Å². The van der Waals surface area contributed by atoms with E-state index in [0.717, 1.165) is 5.56 Å². The van der Waals surface area contributed by atoms with Crippen LogP contribution in [0.15, 0.2) is 30.3 Å². The van der Waals surface area contributed by atoms with Gasteiger partial charge in [0.2, 0.25) is 23.6 Å². The zero-order chi connectivity index (χ0) is 40.7. The molecular weight excluding hydrogens is 690 g/mol. The van der Waals surface area contributed by atoms with Crippen LogP contribution in [0.4, 0.5) is 0 Å². The van der Waals surface area contributed by atoms with Gasteiger partial charge in [-0.2, -0.15) is 0 Å². The van der Waals surface area contributed by atoms with Crippen molar-refractivity contribution in [3.8, 4) is 12.3 Å². The van der Waals surface area contributed by atoms with Crippen molar-refractivity contribution in [1.82, 2.24) is 25.3 Å². The number of nitrogens with one attached hydrogen (secondary N) is 2. The third-order valence-electron chi connectivity index (χ3n) is 10.7. The third-order valence-corrected chi connectivity index (χ3v) is 10.7. The maximum atomic E-state index is 14.2. The summed E-state index contributed by atoms with van der Waals surface area (Å²) >= 11 is 0. The fourth-order valence-corrected chi connectivity index (χ4v) is 7.75. The highest BCUT2D eigenvalue weighted by atomic mass is 16.5. The number of nitrogens with zero attached hydrogens (tertiary/aromatic N) is 3. The molecule has 1 heterocycles. The van der Waals surface area contributed by atoms with Crippen molar-refractivity contribution in [2.24, 2.45) is 17.8 Å². The molecule has 1 saturated heterocycles. The maximum Gasteiger partial charge on any atom is 0.328 e. The van der Waals surface area contributed by atoms with Gasteiger partial charge in [-0.1, -0.05) is 71.4 Å². The topological polar surface area (TPSA) is 147 Å². The molecule has 2 N–H and O–H groups in total. The van der Waals surface area contributed by atoms with Gasteiger partial charge in [0.1, 0.15) is 12.1 Å². The first-order chi connectivity index (χ1) is 25.6. The van der Waals surface area contributed by atoms with Gasteiger partial charge >= 0.3 is 5.97 Å². The maximum absolute atomic E-state index is 14.2. The molecule has 0 saturated carbocycles. The van der Waals surface area contributed by atoms with Gasteiger partial charge in [0.05, 0.1) is 49.8 Å². The predicted molar refractivity (Wildman–Crippen MR) is 208 cm³/mol. The van der Waals surface area contributed by atoms with E-state index in [1.165, 1.54) is 21.3 Å². The van der Waals surface area contributed by atoms with Crippen LogP contribution in [-0.4, -0.2) is 136 Å². The van der Waals surface area contributed by atoms with E-state index in [1.807, 2.05) is 77.0 Å². The molecule has 0 bridgehead atoms. The Labute approximate surface area is 323 Å². The van der Waals surface area contributed by atoms with E-state index >= 15 is 0 Å². The number of likely N-dealkylation sites (tertiary alicyclic amines) is 1. The molecule has 1 aliphatic heterocycles. The highest BCUT2D eigenvalue weighted by Gasteiger charge is 2.43. The second-order valence-corrected chi connectivity index (χ2v) is 15.0. The van der Waals surface area contributed by atoms with Gasteiger partial charge in [0.25, 0.3) is 0 Å². The van der Waals surface area contributed by atoms with Gasteiger partial charge in [-0.05, 0) is 44.3 Å². The molecule has 4 amide bonds. The number of amides is 4. The Hall–Kier alpha value is -3.99. The van der Waals surface area contributed by atoms with Crippen molar-refractivity contribution in [2.45, 2.75) is 116 Å². The minimum Gasteiger partial charge on any atom is -0.467 e. The largest absolute Gasteiger partial charge is 0.467 e. The first-order valence-corrected chi connectivity index (χ1v) is 19.0. The Morgan fingerprint density at radius 3 is 2.09 bits per heavy atom. The number of rotatable bonds is 21. The van der Waals surface area contributed by atoms with Crippen LogP contribution in [0, 0.1) is 30.1 Å². The Balaban J connectivity index is 2.28. The van der Waals surface area contributed by atoms with E-state index in [4.69, 9.17) is 20.6 Å². The average Bonchev–Trinajstić information content (AvgIpc) is 3.63. The molecule has 0 spiro atoms. The zero-order valence-corrected chi connectivity index (χ0v) is 34.3. The molecule has 0 aliphatic carbocycles. The summed E-state index contributed by atoms with van der Waals surface area (Å²) in [4.78, 5) is 73.0. The molecular formula is C41H65N5O8. The van der Waals surface area contributed by atoms with E-state index in [2.05, 4.69) is 16.6 Å². The minimum atomic E-state index is -0.960. The number of terminal acetylenes is 1. The highest BCUT2D eigenvalue weighted by Crippen LogP contribution is 2.29. The molecule has 1 unspecified atom stereocenters. The summed E-state index contributed by atoms with van der Waals surface area (Å²) in [5.74, 6) is -0.0438. The molecule has 0 radical (unpaired) electrons. The Bertz CT molecular complexity index is 1410. The first-order valence-electron chi connectivity index (χ1n) is 19.0. The number of benzene rings is 1. The summed E-state index contributed by atoms with van der Waals surface area (Å²) in [6, 6.07) is 6.10. The lowest BCUT2D eigenvalue weighted by molar-refractivity contribution is -0.148. The van der Waals surface area contributed by atoms with Crippen LogP contribution < -0.4 is 10.6 Å². The fourth-order valence-electron chi connectivity index (χ4n) is 7.75. The third kappa shape index (κ3) is 12.3. The second kappa shape index (κ2) is 22.4. The van der Waals surface area contributed by atoms with E-state index in [1.54, 1.807) is 23.8 Å². The van der Waals surface area contributed by atoms with Crippen molar-refractivity contribution >= 4 is 29.6 Å². The van der Waals surface area contributed by atoms with E-state index in [9.17, 15) is 24.0 Å². The SMILES string of the molecule is C#CC[C@H](NC(=O)C(C(C)C)N(C)C)C(=O)N(C)[C@@H]([C@@H](C)CC)[C@@H](CC(=O)N1CCC[C@H]1[C@H](OC)[C@@H](C)C(=O)N[C@@H](Cc1ccccc1)C(=O)OC)OC. The summed E-state index contributed by atoms with van der Waals surface area (Å²) in [6.07, 6.45) is 6.59. The summed E-state index contributed by atoms with van der Waals surface area (Å²) in [5.41, 5.74) is 0.868. The van der Waals surface area contributed by atoms with Crippen molar-refractivity contribution in [1.29, 1.82) is 0 Å². The first kappa shape index (κ1) is 46.2. The number of hydrogen-bond acceptors (Lipinski definition) is 9. The van der Waals surface area contributed by atoms with Crippen molar-refractivity contribution < 1.29 is 38.2 Å². The lowest BCUT2D eigenvalue weighted by atomic mass is 9.89. The normalized spacial score (nSPS) is 18.7. The number of esters is 1. The van der Waals surface area contributed by atoms with Crippen molar-refractivity contribution in [3.05, 3.63) is 35.9 Å². The monoisotopic (exact) mass is 755 g/mol. The molecule has 1 aromatic carbocycles. The van der Waals surface area contributed by atoms with Crippen molar-refractivity contribution in [2.75, 3.05) is 49.0 Å². The smallest absolute Gasteiger partial charge is 0.328 e. The van der Waals surface area contributed by atoms with Gasteiger partial charge < -0.3 is 34.6 Å². The summed E-state index contributed by atoms with van der Waals surface area (Å²) in [6.45, 7) is 10.1. The minimum absolute atomic E-state index is 0.00281. The molecule has 13 nitrogen and oxygen atoms in total. The molecule has 1 fully saturated rings. The quantitative estimate of drug-likeness (QED) is 0.143. The summed E-state index contributed by atoms with van der Waals surface area (Å²) in [5, 5.41) is 5.74. The van der Waals surface area contributed by atoms with Crippen molar-refractivity contribution in [3.63, 3.8) is 0 Å². The average molecular weight is 756 g/mol. The lowest BCUT2D eigenvalue weighted by Crippen LogP contribution is -2.58. The number of hydrogen-bond donors (Lipinski definition) is 2. The van der Waals surface area contributed by atoms with Crippen LogP contribution in [0.1, 0.15) is 72.3 Å². The van der Waals surface area contributed by atoms with Crippen LogP contribution in [0.5, 0.6) is 0 Å². The molecule has 13 heteroatoms. The van der Waals surface area contributed by atoms with Crippen LogP contribution in [0.3, 0.4) is 0 Å². The molecule has 1 aromatic rings. The van der Waals surface area contributed by atoms with Crippen LogP contribution in [0.25, 0.3) is 0 Å². The van der Waals surface area contributed by atoms with E-state index in [0.29, 0.717) is 25.8 Å². The van der Waals surface area contributed by atoms with Gasteiger partial charge in [-0.25, -0.2) is 4.79 Å². The fraction of sp³-hybridized carbons (Fsp3) is 0.683. The number of methoxy groups -OCH3 is 3. The molecule has 9 atom stereocenters. The standard InChI is InChI=1S/C41H65N5O8/c1-13-19-30(42-39(49)35(26(3)4)44(7)8)40(50)45(9)36(27(5)14-2)33(52-10)25-34(47)46-23-18-22-32(46)37(53-11)28(6)38(48)43-31(41(51)54-12)24-29-20-16-15-17-21-29/h1,15-17,20-21,26-28,30-33,35-37H,14,18-19,22-25H2,2-12H3,(H,42,49)(H,43,48)/t27-,28+,30-,31-,32-,33+,35?,36-,37+/m0/s1. The number of carbonyl (C=O) groups excluding carboxylic acids is 5.